The van der Waals surface area contributed by atoms with Gasteiger partial charge < -0.3 is 28.6 Å². The molecule has 4 rings (SSSR count). The van der Waals surface area contributed by atoms with Crippen molar-refractivity contribution in [1.82, 2.24) is 0 Å². The zero-order valence-corrected chi connectivity index (χ0v) is 29.0. The molecule has 3 heterocycles. The van der Waals surface area contributed by atoms with E-state index in [0.717, 1.165) is 29.4 Å². The number of ether oxygens (including phenoxy) is 3. The molecule has 1 aromatic rings. The summed E-state index contributed by atoms with van der Waals surface area (Å²) in [7, 11) is -2.13. The summed E-state index contributed by atoms with van der Waals surface area (Å²) in [6, 6.07) is 12.9. The van der Waals surface area contributed by atoms with Gasteiger partial charge in [0.25, 0.3) is 0 Å². The second-order valence-electron chi connectivity index (χ2n) is 13.7. The van der Waals surface area contributed by atoms with Crippen molar-refractivity contribution >= 4 is 20.0 Å². The van der Waals surface area contributed by atoms with Gasteiger partial charge in [0.05, 0.1) is 29.4 Å². The Bertz CT molecular complexity index is 1120. The molecule has 0 aromatic heterocycles. The van der Waals surface area contributed by atoms with Gasteiger partial charge in [0, 0.05) is 23.3 Å². The molecule has 242 valence electrons. The van der Waals surface area contributed by atoms with Gasteiger partial charge in [0.15, 0.2) is 20.7 Å². The van der Waals surface area contributed by atoms with Gasteiger partial charge in [-0.1, -0.05) is 84.0 Å². The van der Waals surface area contributed by atoms with Crippen molar-refractivity contribution in [3.05, 3.63) is 35.9 Å². The molecule has 3 aliphatic heterocycles. The third-order valence-corrected chi connectivity index (χ3v) is 15.5. The van der Waals surface area contributed by atoms with E-state index in [-0.39, 0.29) is 23.9 Å². The lowest BCUT2D eigenvalue weighted by Gasteiger charge is -2.53. The van der Waals surface area contributed by atoms with Gasteiger partial charge in [0.2, 0.25) is 0 Å². The molecule has 0 aliphatic carbocycles. The van der Waals surface area contributed by atoms with Gasteiger partial charge in [-0.05, 0) is 51.7 Å². The summed E-state index contributed by atoms with van der Waals surface area (Å²) < 4.78 is 27.1. The van der Waals surface area contributed by atoms with Crippen LogP contribution in [0.2, 0.25) is 18.1 Å². The first-order chi connectivity index (χ1) is 20.3. The normalized spacial score (nSPS) is 40.7. The summed E-state index contributed by atoms with van der Waals surface area (Å²) in [5, 5.41) is 16.4. The average molecular weight is 618 g/mol. The molecule has 11 atom stereocenters. The van der Waals surface area contributed by atoms with Crippen LogP contribution in [0.1, 0.15) is 93.9 Å². The summed E-state index contributed by atoms with van der Waals surface area (Å²) in [6.45, 7) is 20.7. The number of aliphatic hydroxyl groups is 1. The minimum atomic E-state index is -2.13. The molecular weight excluding hydrogens is 562 g/mol. The number of esters is 1. The van der Waals surface area contributed by atoms with E-state index in [1.165, 1.54) is 0 Å². The van der Waals surface area contributed by atoms with Crippen molar-refractivity contribution in [2.24, 2.45) is 28.8 Å². The number of benzene rings is 1. The second-order valence-corrected chi connectivity index (χ2v) is 18.4. The summed E-state index contributed by atoms with van der Waals surface area (Å²) in [5.74, 6) is -1.39. The van der Waals surface area contributed by atoms with Crippen molar-refractivity contribution in [1.29, 1.82) is 0 Å². The van der Waals surface area contributed by atoms with E-state index in [1.54, 1.807) is 6.92 Å². The van der Waals surface area contributed by atoms with Crippen LogP contribution < -0.4 is 0 Å². The van der Waals surface area contributed by atoms with Crippen LogP contribution in [0, 0.1) is 23.7 Å². The third-order valence-electron chi connectivity index (χ3n) is 10.7. The first-order valence-corrected chi connectivity index (χ1v) is 19.0. The van der Waals surface area contributed by atoms with Crippen molar-refractivity contribution in [2.45, 2.75) is 142 Å². The lowest BCUT2D eigenvalue weighted by molar-refractivity contribution is -0.309. The summed E-state index contributed by atoms with van der Waals surface area (Å²) in [4.78, 5) is 19.8. The smallest absolute Gasteiger partial charge is 0.311 e. The van der Waals surface area contributed by atoms with Gasteiger partial charge in [0.1, 0.15) is 11.7 Å². The number of carbonyl (C=O) groups is 1. The number of cyclic esters (lactones) is 1. The Morgan fingerprint density at radius 3 is 2.16 bits per heavy atom. The third kappa shape index (κ3) is 6.48. The van der Waals surface area contributed by atoms with Crippen molar-refractivity contribution < 1.29 is 33.4 Å². The summed E-state index contributed by atoms with van der Waals surface area (Å²) in [6.07, 6.45) is -1.85. The van der Waals surface area contributed by atoms with Gasteiger partial charge >= 0.3 is 5.97 Å². The van der Waals surface area contributed by atoms with Crippen LogP contribution >= 0.6 is 0 Å². The zero-order valence-electron chi connectivity index (χ0n) is 28.0. The Hall–Kier alpha value is -1.78. The highest BCUT2D eigenvalue weighted by Crippen LogP contribution is 2.47. The molecular formula is C34H55NO7Si. The predicted molar refractivity (Wildman–Crippen MR) is 170 cm³/mol. The van der Waals surface area contributed by atoms with Crippen molar-refractivity contribution in [3.63, 3.8) is 0 Å². The molecule has 0 saturated carbocycles. The van der Waals surface area contributed by atoms with Gasteiger partial charge in [-0.15, -0.1) is 0 Å². The summed E-state index contributed by atoms with van der Waals surface area (Å²) in [5.41, 5.74) is -0.361. The topological polar surface area (TPSA) is 95.8 Å². The number of nitrogens with zero attached hydrogens (tertiary/aromatic N) is 1. The molecule has 2 fully saturated rings. The standard InChI is InChI=1S/C34H55NO7Si/c1-11-26-34(10,37)30-22(6)27(35-41-30)21(5)20-33(9,42-43(12-2,13-3)14-4)29-23(7)28(24(8)31(36)38-26)39-32(40-29)25-18-16-15-17-19-25/h15-19,21-24,26,28-30,32,37H,11-14,20H2,1-10H3/t21-,22-,23-,24+,26-,28-,29+,30+,32+,33+,34+/m0/s1. The van der Waals surface area contributed by atoms with E-state index in [0.29, 0.717) is 12.8 Å². The maximum Gasteiger partial charge on any atom is 0.311 e. The van der Waals surface area contributed by atoms with Crippen molar-refractivity contribution in [3.8, 4) is 0 Å². The van der Waals surface area contributed by atoms with E-state index < -0.39 is 56.0 Å². The fourth-order valence-electron chi connectivity index (χ4n) is 7.94. The van der Waals surface area contributed by atoms with Crippen LogP contribution in [0.5, 0.6) is 0 Å². The highest BCUT2D eigenvalue weighted by atomic mass is 28.4. The Morgan fingerprint density at radius 1 is 0.953 bits per heavy atom. The molecule has 3 aliphatic rings. The first kappa shape index (κ1) is 34.1. The number of hydrogen-bond donors (Lipinski definition) is 1. The van der Waals surface area contributed by atoms with E-state index in [4.69, 9.17) is 23.5 Å². The molecule has 0 amide bonds. The molecule has 0 unspecified atom stereocenters. The highest BCUT2D eigenvalue weighted by Gasteiger charge is 2.56. The number of rotatable bonds is 7. The molecule has 1 N–H and O–H groups in total. The van der Waals surface area contributed by atoms with Crippen LogP contribution in [-0.2, 0) is 28.3 Å². The van der Waals surface area contributed by atoms with Crippen LogP contribution in [0.15, 0.2) is 35.5 Å². The summed E-state index contributed by atoms with van der Waals surface area (Å²) >= 11 is 0. The van der Waals surface area contributed by atoms with Crippen molar-refractivity contribution in [2.75, 3.05) is 0 Å². The first-order valence-electron chi connectivity index (χ1n) is 16.5. The lowest BCUT2D eigenvalue weighted by Crippen LogP contribution is -2.61. The maximum atomic E-state index is 13.8. The van der Waals surface area contributed by atoms with Gasteiger partial charge in [-0.3, -0.25) is 4.79 Å². The SMILES string of the molecule is CC[C@@H]1OC(=O)[C@H](C)[C@H]2O[C@@H](c3ccccc3)O[C@H]([C@H]2C)[C@](C)(O[Si](CC)(CC)CC)C[C@H](C)C2=NO[C@H]([C@H]2C)[C@]1(C)O. The Kier molecular flexibility index (Phi) is 10.5. The molecule has 0 spiro atoms. The second kappa shape index (κ2) is 13.3. The lowest BCUT2D eigenvalue weighted by atomic mass is 9.73. The number of fused-ring (bicyclic) bond motifs is 4. The van der Waals surface area contributed by atoms with E-state index in [9.17, 15) is 9.90 Å². The quantitative estimate of drug-likeness (QED) is 0.259. The van der Waals surface area contributed by atoms with Crippen LogP contribution in [-0.4, -0.2) is 60.7 Å². The molecule has 4 bridgehead atoms. The molecule has 2 saturated heterocycles. The molecule has 0 radical (unpaired) electrons. The predicted octanol–water partition coefficient (Wildman–Crippen LogP) is 7.03. The number of oxime groups is 1. The van der Waals surface area contributed by atoms with Crippen LogP contribution in [0.3, 0.4) is 0 Å². The largest absolute Gasteiger partial charge is 0.459 e. The Balaban J connectivity index is 1.87. The Labute approximate surface area is 260 Å². The molecule has 43 heavy (non-hydrogen) atoms. The molecule has 9 heteroatoms. The minimum Gasteiger partial charge on any atom is -0.459 e. The van der Waals surface area contributed by atoms with Gasteiger partial charge in [-0.2, -0.15) is 0 Å². The fraction of sp³-hybridized carbons (Fsp3) is 0.765. The fourth-order valence-corrected chi connectivity index (χ4v) is 11.1. The van der Waals surface area contributed by atoms with Gasteiger partial charge in [-0.25, -0.2) is 0 Å². The minimum absolute atomic E-state index is 0.00618. The van der Waals surface area contributed by atoms with Crippen LogP contribution in [0.4, 0.5) is 0 Å². The number of carbonyl (C=O) groups excluding carboxylic acids is 1. The van der Waals surface area contributed by atoms with E-state index in [2.05, 4.69) is 46.7 Å². The van der Waals surface area contributed by atoms with Crippen LogP contribution in [0.25, 0.3) is 0 Å². The maximum absolute atomic E-state index is 13.8. The number of hydrogen-bond acceptors (Lipinski definition) is 8. The average Bonchev–Trinajstić information content (AvgIpc) is 3.40. The Morgan fingerprint density at radius 2 is 1.58 bits per heavy atom. The highest BCUT2D eigenvalue weighted by molar-refractivity contribution is 6.73. The van der Waals surface area contributed by atoms with E-state index in [1.807, 2.05) is 51.1 Å². The zero-order chi connectivity index (χ0) is 31.7. The monoisotopic (exact) mass is 617 g/mol. The molecule has 8 nitrogen and oxygen atoms in total. The van der Waals surface area contributed by atoms with E-state index >= 15 is 0 Å². The molecule has 1 aromatic carbocycles.